The Morgan fingerprint density at radius 3 is 2.37 bits per heavy atom. The fourth-order valence-electron chi connectivity index (χ4n) is 4.15. The first-order chi connectivity index (χ1) is 18.4. The molecule has 0 spiro atoms. The molecular formula is C31H30N2O5. The van der Waals surface area contributed by atoms with Gasteiger partial charge in [-0.05, 0) is 44.5 Å². The van der Waals surface area contributed by atoms with Crippen molar-refractivity contribution < 1.29 is 23.8 Å². The van der Waals surface area contributed by atoms with E-state index in [0.29, 0.717) is 41.0 Å². The van der Waals surface area contributed by atoms with Gasteiger partial charge in [0.15, 0.2) is 5.78 Å². The van der Waals surface area contributed by atoms with E-state index in [0.717, 1.165) is 16.7 Å². The van der Waals surface area contributed by atoms with Gasteiger partial charge in [0, 0.05) is 34.9 Å². The third-order valence-electron chi connectivity index (χ3n) is 5.99. The lowest BCUT2D eigenvalue weighted by Crippen LogP contribution is -2.37. The van der Waals surface area contributed by atoms with Crippen molar-refractivity contribution >= 4 is 11.8 Å². The predicted molar refractivity (Wildman–Crippen MR) is 146 cm³/mol. The van der Waals surface area contributed by atoms with Crippen molar-refractivity contribution in [2.75, 3.05) is 6.61 Å². The summed E-state index contributed by atoms with van der Waals surface area (Å²) in [6.07, 6.45) is 1.57. The van der Waals surface area contributed by atoms with Gasteiger partial charge < -0.3 is 19.6 Å². The number of carboxylic acids is 1. The minimum atomic E-state index is -1.03. The molecule has 4 rings (SSSR count). The summed E-state index contributed by atoms with van der Waals surface area (Å²) < 4.78 is 11.8. The van der Waals surface area contributed by atoms with Crippen molar-refractivity contribution in [3.05, 3.63) is 108 Å². The maximum Gasteiger partial charge on any atom is 0.326 e. The molecule has 1 atom stereocenters. The Labute approximate surface area is 221 Å². The molecule has 7 heteroatoms. The second-order valence-electron chi connectivity index (χ2n) is 8.84. The topological polar surface area (TPSA) is 102 Å². The maximum atomic E-state index is 12.5. The molecule has 4 aromatic rings. The summed E-state index contributed by atoms with van der Waals surface area (Å²) in [5.74, 6) is 0.549. The van der Waals surface area contributed by atoms with Crippen LogP contribution in [0, 0.1) is 6.92 Å². The number of rotatable bonds is 11. The molecule has 194 valence electrons. The molecule has 0 saturated heterocycles. The highest BCUT2D eigenvalue weighted by Crippen LogP contribution is 2.32. The Morgan fingerprint density at radius 2 is 1.71 bits per heavy atom. The van der Waals surface area contributed by atoms with E-state index >= 15 is 0 Å². The van der Waals surface area contributed by atoms with Gasteiger partial charge in [0.1, 0.15) is 23.2 Å². The molecule has 0 radical (unpaired) electrons. The molecule has 0 fully saturated rings. The third-order valence-corrected chi connectivity index (χ3v) is 5.99. The number of benzene rings is 3. The zero-order valence-electron chi connectivity index (χ0n) is 21.6. The summed E-state index contributed by atoms with van der Waals surface area (Å²) in [6.45, 7) is 5.83. The fourth-order valence-corrected chi connectivity index (χ4v) is 4.15. The van der Waals surface area contributed by atoms with E-state index < -0.39 is 12.0 Å². The highest BCUT2D eigenvalue weighted by molar-refractivity contribution is 6.04. The van der Waals surface area contributed by atoms with Crippen molar-refractivity contribution in [2.24, 2.45) is 0 Å². The highest BCUT2D eigenvalue weighted by Gasteiger charge is 2.22. The molecule has 1 heterocycles. The summed E-state index contributed by atoms with van der Waals surface area (Å²) in [5, 5.41) is 12.9. The number of carbonyl (C=O) groups is 2. The second-order valence-corrected chi connectivity index (χ2v) is 8.84. The van der Waals surface area contributed by atoms with Crippen LogP contribution in [0.5, 0.6) is 5.75 Å². The van der Waals surface area contributed by atoms with Crippen LogP contribution in [-0.2, 0) is 11.2 Å². The molecule has 2 N–H and O–H groups in total. The van der Waals surface area contributed by atoms with E-state index in [1.807, 2.05) is 68.4 Å². The lowest BCUT2D eigenvalue weighted by atomic mass is 10.0. The molecule has 3 aromatic carbocycles. The van der Waals surface area contributed by atoms with Crippen LogP contribution in [0.2, 0.25) is 0 Å². The molecule has 0 unspecified atom stereocenters. The minimum Gasteiger partial charge on any atom is -0.494 e. The number of ketones is 1. The number of hydrogen-bond donors (Lipinski definition) is 2. The SMILES string of the molecule is CCOc1cc(-c2nc(-c3ccccc3)oc2C)ccc1C[C@H](NC(C)=CC(=O)c1ccccc1)C(=O)O. The largest absolute Gasteiger partial charge is 0.494 e. The number of aliphatic carboxylic acids is 1. The monoisotopic (exact) mass is 510 g/mol. The number of nitrogens with zero attached hydrogens (tertiary/aromatic N) is 1. The smallest absolute Gasteiger partial charge is 0.326 e. The zero-order chi connectivity index (χ0) is 27.1. The first kappa shape index (κ1) is 26.4. The summed E-state index contributed by atoms with van der Waals surface area (Å²) in [7, 11) is 0. The first-order valence-electron chi connectivity index (χ1n) is 12.4. The number of hydrogen-bond acceptors (Lipinski definition) is 6. The van der Waals surface area contributed by atoms with Crippen molar-refractivity contribution in [3.63, 3.8) is 0 Å². The van der Waals surface area contributed by atoms with Gasteiger partial charge in [-0.2, -0.15) is 0 Å². The summed E-state index contributed by atoms with van der Waals surface area (Å²) >= 11 is 0. The van der Waals surface area contributed by atoms with Crippen LogP contribution in [0.15, 0.2) is 95.1 Å². The Morgan fingerprint density at radius 1 is 1.03 bits per heavy atom. The van der Waals surface area contributed by atoms with Crippen LogP contribution < -0.4 is 10.1 Å². The number of ether oxygens (including phenoxy) is 1. The van der Waals surface area contributed by atoms with Gasteiger partial charge in [0.05, 0.1) is 6.61 Å². The lowest BCUT2D eigenvalue weighted by molar-refractivity contribution is -0.139. The van der Waals surface area contributed by atoms with Crippen LogP contribution in [-0.4, -0.2) is 34.5 Å². The normalized spacial score (nSPS) is 12.1. The van der Waals surface area contributed by atoms with E-state index in [2.05, 4.69) is 5.32 Å². The molecule has 0 amide bonds. The molecule has 0 aliphatic heterocycles. The lowest BCUT2D eigenvalue weighted by Gasteiger charge is -2.19. The van der Waals surface area contributed by atoms with Gasteiger partial charge in [0.2, 0.25) is 5.89 Å². The number of oxazole rings is 1. The van der Waals surface area contributed by atoms with E-state index in [-0.39, 0.29) is 12.2 Å². The Bertz CT molecular complexity index is 1440. The quantitative estimate of drug-likeness (QED) is 0.186. The number of nitrogens with one attached hydrogen (secondary N) is 1. The summed E-state index contributed by atoms with van der Waals surface area (Å²) in [5.41, 5.74) is 4.11. The molecule has 0 saturated carbocycles. The van der Waals surface area contributed by atoms with Gasteiger partial charge in [0.25, 0.3) is 0 Å². The molecule has 0 aliphatic carbocycles. The molecule has 0 aliphatic rings. The summed E-state index contributed by atoms with van der Waals surface area (Å²) in [4.78, 5) is 29.3. The zero-order valence-corrected chi connectivity index (χ0v) is 21.6. The van der Waals surface area contributed by atoms with E-state index in [1.165, 1.54) is 6.08 Å². The van der Waals surface area contributed by atoms with E-state index in [1.54, 1.807) is 31.2 Å². The molecule has 0 bridgehead atoms. The van der Waals surface area contributed by atoms with Gasteiger partial charge in [-0.1, -0.05) is 60.7 Å². The average Bonchev–Trinajstić information content (AvgIpc) is 3.31. The molecule has 1 aromatic heterocycles. The predicted octanol–water partition coefficient (Wildman–Crippen LogP) is 6.09. The minimum absolute atomic E-state index is 0.155. The van der Waals surface area contributed by atoms with Crippen molar-refractivity contribution in [2.45, 2.75) is 33.2 Å². The Kier molecular flexibility index (Phi) is 8.38. The van der Waals surface area contributed by atoms with Gasteiger partial charge in [-0.15, -0.1) is 0 Å². The number of aromatic nitrogens is 1. The Hall–Kier alpha value is -4.65. The van der Waals surface area contributed by atoms with E-state index in [9.17, 15) is 14.7 Å². The van der Waals surface area contributed by atoms with E-state index in [4.69, 9.17) is 14.1 Å². The maximum absolute atomic E-state index is 12.5. The Balaban J connectivity index is 1.56. The van der Waals surface area contributed by atoms with Crippen LogP contribution in [0.3, 0.4) is 0 Å². The molecule has 7 nitrogen and oxygen atoms in total. The molecule has 38 heavy (non-hydrogen) atoms. The van der Waals surface area contributed by atoms with Crippen LogP contribution in [0.25, 0.3) is 22.7 Å². The average molecular weight is 511 g/mol. The standard InChI is InChI=1S/C31H30N2O5/c1-4-37-28-19-25(29-21(3)38-30(33-29)23-13-9-6-10-14-23)16-15-24(28)18-26(31(35)36)32-20(2)17-27(34)22-11-7-5-8-12-22/h5-17,19,26,32H,4,18H2,1-3H3,(H,35,36)/t26-/m0/s1. The number of aryl methyl sites for hydroxylation is 1. The van der Waals surface area contributed by atoms with Crippen LogP contribution >= 0.6 is 0 Å². The van der Waals surface area contributed by atoms with Crippen LogP contribution in [0.4, 0.5) is 0 Å². The first-order valence-corrected chi connectivity index (χ1v) is 12.4. The highest BCUT2D eigenvalue weighted by atomic mass is 16.5. The van der Waals surface area contributed by atoms with Crippen LogP contribution in [0.1, 0.15) is 35.5 Å². The second kappa shape index (κ2) is 12.1. The summed E-state index contributed by atoms with van der Waals surface area (Å²) in [6, 6.07) is 23.1. The van der Waals surface area contributed by atoms with Gasteiger partial charge >= 0.3 is 5.97 Å². The van der Waals surface area contributed by atoms with Gasteiger partial charge in [-0.3, -0.25) is 4.79 Å². The number of carboxylic acid groups (broad SMARTS) is 1. The fraction of sp³-hybridized carbons (Fsp3) is 0.194. The number of carbonyl (C=O) groups excluding carboxylic acids is 1. The molecular weight excluding hydrogens is 480 g/mol. The third kappa shape index (κ3) is 6.37. The van der Waals surface area contributed by atoms with Crippen molar-refractivity contribution in [1.29, 1.82) is 0 Å². The van der Waals surface area contributed by atoms with Gasteiger partial charge in [-0.25, -0.2) is 9.78 Å². The van der Waals surface area contributed by atoms with Crippen molar-refractivity contribution in [3.8, 4) is 28.5 Å². The number of allylic oxidation sites excluding steroid dienone is 2. The van der Waals surface area contributed by atoms with Crippen molar-refractivity contribution in [1.82, 2.24) is 10.3 Å².